The van der Waals surface area contributed by atoms with Crippen molar-refractivity contribution in [2.24, 2.45) is 5.41 Å². The molecule has 8 heteroatoms. The third kappa shape index (κ3) is 6.25. The number of anilines is 1. The van der Waals surface area contributed by atoms with Gasteiger partial charge in [-0.1, -0.05) is 24.3 Å². The molecule has 8 nitrogen and oxygen atoms in total. The highest BCUT2D eigenvalue weighted by atomic mass is 16.5. The summed E-state index contributed by atoms with van der Waals surface area (Å²) in [6.07, 6.45) is 4.91. The van der Waals surface area contributed by atoms with Crippen molar-refractivity contribution in [3.8, 4) is 11.5 Å². The van der Waals surface area contributed by atoms with Crippen LogP contribution >= 0.6 is 0 Å². The molecule has 0 spiro atoms. The van der Waals surface area contributed by atoms with Gasteiger partial charge in [-0.15, -0.1) is 0 Å². The zero-order chi connectivity index (χ0) is 24.4. The summed E-state index contributed by atoms with van der Waals surface area (Å²) in [5.74, 6) is 1.11. The van der Waals surface area contributed by atoms with Gasteiger partial charge in [-0.05, 0) is 60.4 Å². The lowest BCUT2D eigenvalue weighted by atomic mass is 9.73. The Labute approximate surface area is 198 Å². The molecule has 1 fully saturated rings. The predicted octanol–water partition coefficient (Wildman–Crippen LogP) is 2.90. The molecule has 0 unspecified atom stereocenters. The number of ether oxygens (including phenoxy) is 1. The Morgan fingerprint density at radius 3 is 2.44 bits per heavy atom. The number of nitrogens with zero attached hydrogens (tertiary/aromatic N) is 2. The second kappa shape index (κ2) is 11.7. The van der Waals surface area contributed by atoms with Crippen LogP contribution in [0.15, 0.2) is 73.1 Å². The van der Waals surface area contributed by atoms with Crippen LogP contribution in [0.4, 0.5) is 5.69 Å². The van der Waals surface area contributed by atoms with E-state index in [4.69, 9.17) is 14.6 Å². The van der Waals surface area contributed by atoms with Crippen molar-refractivity contribution in [1.29, 1.82) is 0 Å². The first-order valence-electron chi connectivity index (χ1n) is 10.9. The van der Waals surface area contributed by atoms with E-state index in [1.807, 2.05) is 48.5 Å². The van der Waals surface area contributed by atoms with E-state index in [-0.39, 0.29) is 18.1 Å². The van der Waals surface area contributed by atoms with Crippen LogP contribution in [0.2, 0.25) is 0 Å². The highest BCUT2D eigenvalue weighted by molar-refractivity contribution is 5.86. The second-order valence-electron chi connectivity index (χ2n) is 8.15. The zero-order valence-electron chi connectivity index (χ0n) is 19.1. The van der Waals surface area contributed by atoms with Crippen LogP contribution in [-0.2, 0) is 22.4 Å². The summed E-state index contributed by atoms with van der Waals surface area (Å²) in [5, 5.41) is 19.5. The zero-order valence-corrected chi connectivity index (χ0v) is 19.1. The van der Waals surface area contributed by atoms with Crippen LogP contribution in [-0.4, -0.2) is 54.3 Å². The Morgan fingerprint density at radius 1 is 1.12 bits per heavy atom. The van der Waals surface area contributed by atoms with E-state index in [1.54, 1.807) is 31.6 Å². The van der Waals surface area contributed by atoms with E-state index in [2.05, 4.69) is 15.2 Å². The fraction of sp³-hybridized carbons (Fsp3) is 0.269. The molecule has 1 aromatic heterocycles. The maximum Gasteiger partial charge on any atom is 0.290 e. The summed E-state index contributed by atoms with van der Waals surface area (Å²) >= 11 is 0. The average Bonchev–Trinajstić information content (AvgIpc) is 2.83. The molecule has 1 aliphatic rings. The third-order valence-corrected chi connectivity index (χ3v) is 5.81. The number of hydrogen-bond acceptors (Lipinski definition) is 6. The number of benzene rings is 2. The first-order valence-corrected chi connectivity index (χ1v) is 10.9. The first-order chi connectivity index (χ1) is 16.5. The number of rotatable bonds is 8. The molecule has 0 saturated carbocycles. The van der Waals surface area contributed by atoms with Crippen LogP contribution in [0.25, 0.3) is 0 Å². The molecule has 1 aliphatic heterocycles. The summed E-state index contributed by atoms with van der Waals surface area (Å²) in [7, 11) is 1.65. The number of aromatic hydroxyl groups is 1. The second-order valence-corrected chi connectivity index (χ2v) is 8.15. The summed E-state index contributed by atoms with van der Waals surface area (Å²) in [6.45, 7) is 1.61. The maximum absolute atomic E-state index is 13.3. The van der Waals surface area contributed by atoms with Gasteiger partial charge in [0.1, 0.15) is 11.5 Å². The van der Waals surface area contributed by atoms with Gasteiger partial charge in [-0.25, -0.2) is 0 Å². The minimum atomic E-state index is -0.495. The number of pyridine rings is 1. The highest BCUT2D eigenvalue weighted by Crippen LogP contribution is 2.38. The van der Waals surface area contributed by atoms with Crippen LogP contribution < -0.4 is 15.0 Å². The van der Waals surface area contributed by atoms with Gasteiger partial charge >= 0.3 is 0 Å². The van der Waals surface area contributed by atoms with E-state index in [0.29, 0.717) is 26.1 Å². The largest absolute Gasteiger partial charge is 0.508 e. The number of hydrogen-bond donors (Lipinski definition) is 3. The number of phenolic OH excluding ortho intramolecular Hbond substituents is 1. The number of carbonyl (C=O) groups excluding carboxylic acids is 1. The van der Waals surface area contributed by atoms with Crippen molar-refractivity contribution in [2.45, 2.75) is 12.8 Å². The van der Waals surface area contributed by atoms with Gasteiger partial charge in [-0.2, -0.15) is 0 Å². The molecule has 0 bridgehead atoms. The van der Waals surface area contributed by atoms with Gasteiger partial charge < -0.3 is 25.2 Å². The molecule has 4 rings (SSSR count). The Balaban J connectivity index is 0.00000103. The molecule has 0 atom stereocenters. The standard InChI is InChI=1S/C25H27N3O3.CH2O2/c1-31-23-4-2-3-20(15-23)16-25(17-28(18-25)21-10-12-26-13-11-21)24(30)27-14-9-19-5-7-22(29)8-6-19;2-1-3/h2-8,10-13,15,29H,9,14,16-18H2,1H3,(H,27,30);1H,(H,2,3). The number of phenols is 1. The normalized spacial score (nSPS) is 13.6. The van der Waals surface area contributed by atoms with Crippen molar-refractivity contribution in [2.75, 3.05) is 31.6 Å². The Kier molecular flexibility index (Phi) is 8.45. The molecule has 3 N–H and O–H groups in total. The van der Waals surface area contributed by atoms with Gasteiger partial charge in [0, 0.05) is 37.7 Å². The molecule has 34 heavy (non-hydrogen) atoms. The molecule has 2 aromatic carbocycles. The maximum atomic E-state index is 13.3. The third-order valence-electron chi connectivity index (χ3n) is 5.81. The molecular formula is C26H29N3O5. The lowest BCUT2D eigenvalue weighted by Gasteiger charge is -2.50. The molecule has 1 amide bonds. The van der Waals surface area contributed by atoms with Crippen molar-refractivity contribution in [3.05, 3.63) is 84.2 Å². The van der Waals surface area contributed by atoms with Gasteiger partial charge in [-0.3, -0.25) is 14.6 Å². The topological polar surface area (TPSA) is 112 Å². The monoisotopic (exact) mass is 463 g/mol. The fourth-order valence-electron chi connectivity index (χ4n) is 4.10. The number of amides is 1. The molecule has 0 aliphatic carbocycles. The van der Waals surface area contributed by atoms with Crippen LogP contribution in [0, 0.1) is 5.41 Å². The lowest BCUT2D eigenvalue weighted by Crippen LogP contribution is -2.64. The van der Waals surface area contributed by atoms with E-state index < -0.39 is 5.41 Å². The number of carboxylic acid groups (broad SMARTS) is 1. The molecule has 2 heterocycles. The Bertz CT molecular complexity index is 1070. The SMILES string of the molecule is COc1cccc(CC2(C(=O)NCCc3ccc(O)cc3)CN(c3ccncc3)C2)c1.O=CO. The predicted molar refractivity (Wildman–Crippen MR) is 129 cm³/mol. The number of aromatic nitrogens is 1. The number of nitrogens with one attached hydrogen (secondary N) is 1. The molecule has 1 saturated heterocycles. The van der Waals surface area contributed by atoms with Crippen molar-refractivity contribution >= 4 is 18.1 Å². The van der Waals surface area contributed by atoms with Gasteiger partial charge in [0.05, 0.1) is 12.5 Å². The minimum Gasteiger partial charge on any atom is -0.508 e. The molecular weight excluding hydrogens is 434 g/mol. The van der Waals surface area contributed by atoms with Crippen molar-refractivity contribution < 1.29 is 24.5 Å². The van der Waals surface area contributed by atoms with E-state index in [1.165, 1.54) is 0 Å². The lowest BCUT2D eigenvalue weighted by molar-refractivity contribution is -0.132. The minimum absolute atomic E-state index is 0.0689. The van der Waals surface area contributed by atoms with Gasteiger partial charge in [0.25, 0.3) is 6.47 Å². The van der Waals surface area contributed by atoms with E-state index in [0.717, 1.165) is 29.0 Å². The van der Waals surface area contributed by atoms with Crippen LogP contribution in [0.5, 0.6) is 11.5 Å². The summed E-state index contributed by atoms with van der Waals surface area (Å²) < 4.78 is 5.36. The smallest absolute Gasteiger partial charge is 0.290 e. The molecule has 0 radical (unpaired) electrons. The highest BCUT2D eigenvalue weighted by Gasteiger charge is 2.49. The quantitative estimate of drug-likeness (QED) is 0.441. The Hall–Kier alpha value is -4.07. The number of carbonyl (C=O) groups is 2. The van der Waals surface area contributed by atoms with Crippen LogP contribution in [0.3, 0.4) is 0 Å². The van der Waals surface area contributed by atoms with Gasteiger partial charge in [0.2, 0.25) is 5.91 Å². The Morgan fingerprint density at radius 2 is 1.79 bits per heavy atom. The van der Waals surface area contributed by atoms with E-state index >= 15 is 0 Å². The summed E-state index contributed by atoms with van der Waals surface area (Å²) in [4.78, 5) is 28.0. The fourth-order valence-corrected chi connectivity index (χ4v) is 4.10. The van der Waals surface area contributed by atoms with E-state index in [9.17, 15) is 9.90 Å². The summed E-state index contributed by atoms with van der Waals surface area (Å²) in [5.41, 5.74) is 2.74. The molecule has 178 valence electrons. The van der Waals surface area contributed by atoms with Crippen molar-refractivity contribution in [1.82, 2.24) is 10.3 Å². The van der Waals surface area contributed by atoms with Gasteiger partial charge in [0.15, 0.2) is 0 Å². The summed E-state index contributed by atoms with van der Waals surface area (Å²) in [6, 6.07) is 19.0. The molecule has 3 aromatic rings. The van der Waals surface area contributed by atoms with Crippen LogP contribution in [0.1, 0.15) is 11.1 Å². The average molecular weight is 464 g/mol. The van der Waals surface area contributed by atoms with Crippen molar-refractivity contribution in [3.63, 3.8) is 0 Å². The number of methoxy groups -OCH3 is 1. The first kappa shape index (κ1) is 24.6.